The average Bonchev–Trinajstić information content (AvgIpc) is 2.50. The minimum Gasteiger partial charge on any atom is -0.352 e. The second-order valence-corrected chi connectivity index (χ2v) is 5.98. The number of hydrogen-bond donors (Lipinski definition) is 2. The lowest BCUT2D eigenvalue weighted by molar-refractivity contribution is 0.0952. The Morgan fingerprint density at radius 2 is 1.95 bits per heavy atom. The van der Waals surface area contributed by atoms with Crippen LogP contribution in [0.3, 0.4) is 0 Å². The molecule has 0 aliphatic carbocycles. The lowest BCUT2D eigenvalue weighted by atomic mass is 10.1. The molecule has 0 aromatic heterocycles. The molecule has 5 heteroatoms. The molecule has 0 saturated heterocycles. The van der Waals surface area contributed by atoms with Gasteiger partial charge in [-0.1, -0.05) is 41.9 Å². The van der Waals surface area contributed by atoms with Gasteiger partial charge in [-0.2, -0.15) is 0 Å². The van der Waals surface area contributed by atoms with Gasteiger partial charge < -0.3 is 11.1 Å². The Kier molecular flexibility index (Phi) is 5.79. The maximum atomic E-state index is 12.1. The Morgan fingerprint density at radius 1 is 1.24 bits per heavy atom. The first-order chi connectivity index (χ1) is 10.1. The van der Waals surface area contributed by atoms with Crippen molar-refractivity contribution in [2.75, 3.05) is 6.54 Å². The largest absolute Gasteiger partial charge is 0.352 e. The van der Waals surface area contributed by atoms with Crippen molar-refractivity contribution in [3.63, 3.8) is 0 Å². The van der Waals surface area contributed by atoms with E-state index in [9.17, 15) is 4.79 Å². The predicted octanol–water partition coefficient (Wildman–Crippen LogP) is 3.92. The zero-order valence-corrected chi connectivity index (χ0v) is 13.7. The van der Waals surface area contributed by atoms with E-state index in [0.717, 1.165) is 10.0 Å². The zero-order valence-electron chi connectivity index (χ0n) is 11.4. The SMILES string of the molecule is NC(CCNC(=O)c1cc(Cl)ccc1Br)c1ccccc1. The van der Waals surface area contributed by atoms with E-state index in [4.69, 9.17) is 17.3 Å². The molecular weight excluding hydrogens is 352 g/mol. The lowest BCUT2D eigenvalue weighted by Gasteiger charge is -2.13. The van der Waals surface area contributed by atoms with E-state index in [1.165, 1.54) is 0 Å². The number of benzene rings is 2. The molecule has 0 bridgehead atoms. The first-order valence-corrected chi connectivity index (χ1v) is 7.79. The molecule has 0 saturated carbocycles. The maximum absolute atomic E-state index is 12.1. The Morgan fingerprint density at radius 3 is 2.67 bits per heavy atom. The summed E-state index contributed by atoms with van der Waals surface area (Å²) in [7, 11) is 0. The van der Waals surface area contributed by atoms with Gasteiger partial charge in [0.2, 0.25) is 0 Å². The van der Waals surface area contributed by atoms with Crippen molar-refractivity contribution in [1.82, 2.24) is 5.32 Å². The van der Waals surface area contributed by atoms with Crippen molar-refractivity contribution in [2.45, 2.75) is 12.5 Å². The number of rotatable bonds is 5. The van der Waals surface area contributed by atoms with Gasteiger partial charge in [0.15, 0.2) is 0 Å². The zero-order chi connectivity index (χ0) is 15.2. The molecule has 110 valence electrons. The van der Waals surface area contributed by atoms with E-state index in [1.54, 1.807) is 18.2 Å². The molecular formula is C16H16BrClN2O. The molecule has 0 fully saturated rings. The Hall–Kier alpha value is -1.36. The van der Waals surface area contributed by atoms with Gasteiger partial charge in [0.1, 0.15) is 0 Å². The smallest absolute Gasteiger partial charge is 0.252 e. The van der Waals surface area contributed by atoms with Crippen LogP contribution in [0.5, 0.6) is 0 Å². The van der Waals surface area contributed by atoms with Gasteiger partial charge >= 0.3 is 0 Å². The minimum absolute atomic E-state index is 0.0886. The summed E-state index contributed by atoms with van der Waals surface area (Å²) >= 11 is 9.25. The molecule has 0 aliphatic rings. The number of nitrogens with one attached hydrogen (secondary N) is 1. The molecule has 3 nitrogen and oxygen atoms in total. The summed E-state index contributed by atoms with van der Waals surface area (Å²) in [4.78, 5) is 12.1. The van der Waals surface area contributed by atoms with E-state index >= 15 is 0 Å². The minimum atomic E-state index is -0.162. The fraction of sp³-hybridized carbons (Fsp3) is 0.188. The summed E-state index contributed by atoms with van der Waals surface area (Å²) in [6.07, 6.45) is 0.675. The Bertz CT molecular complexity index is 619. The first-order valence-electron chi connectivity index (χ1n) is 6.61. The molecule has 1 amide bonds. The van der Waals surface area contributed by atoms with Crippen LogP contribution in [0.4, 0.5) is 0 Å². The molecule has 0 spiro atoms. The van der Waals surface area contributed by atoms with Crippen molar-refractivity contribution in [2.24, 2.45) is 5.73 Å². The van der Waals surface area contributed by atoms with Crippen LogP contribution >= 0.6 is 27.5 Å². The summed E-state index contributed by atoms with van der Waals surface area (Å²) < 4.78 is 0.719. The first kappa shape index (κ1) is 16.0. The van der Waals surface area contributed by atoms with Crippen molar-refractivity contribution >= 4 is 33.4 Å². The maximum Gasteiger partial charge on any atom is 0.252 e. The molecule has 2 rings (SSSR count). The van der Waals surface area contributed by atoms with Gasteiger partial charge in [0.25, 0.3) is 5.91 Å². The fourth-order valence-corrected chi connectivity index (χ4v) is 2.57. The van der Waals surface area contributed by atoms with Crippen molar-refractivity contribution < 1.29 is 4.79 Å². The monoisotopic (exact) mass is 366 g/mol. The van der Waals surface area contributed by atoms with Gasteiger partial charge in [0, 0.05) is 22.1 Å². The molecule has 0 aliphatic heterocycles. The van der Waals surface area contributed by atoms with Crippen molar-refractivity contribution in [3.8, 4) is 0 Å². The van der Waals surface area contributed by atoms with Crippen LogP contribution in [0.15, 0.2) is 53.0 Å². The molecule has 21 heavy (non-hydrogen) atoms. The lowest BCUT2D eigenvalue weighted by Crippen LogP contribution is -2.27. The van der Waals surface area contributed by atoms with Crippen LogP contribution in [-0.2, 0) is 0 Å². The number of carbonyl (C=O) groups is 1. The summed E-state index contributed by atoms with van der Waals surface area (Å²) in [5.74, 6) is -0.162. The third kappa shape index (κ3) is 4.56. The predicted molar refractivity (Wildman–Crippen MR) is 89.5 cm³/mol. The van der Waals surface area contributed by atoms with E-state index in [2.05, 4.69) is 21.2 Å². The van der Waals surface area contributed by atoms with Crippen LogP contribution in [0.2, 0.25) is 5.02 Å². The van der Waals surface area contributed by atoms with E-state index in [1.807, 2.05) is 30.3 Å². The fourth-order valence-electron chi connectivity index (χ4n) is 1.97. The van der Waals surface area contributed by atoms with Gasteiger partial charge in [-0.3, -0.25) is 4.79 Å². The van der Waals surface area contributed by atoms with Gasteiger partial charge in [-0.05, 0) is 46.1 Å². The average molecular weight is 368 g/mol. The second-order valence-electron chi connectivity index (χ2n) is 4.69. The van der Waals surface area contributed by atoms with Crippen LogP contribution in [0, 0.1) is 0 Å². The number of halogens is 2. The summed E-state index contributed by atoms with van der Waals surface area (Å²) in [5, 5.41) is 3.39. The molecule has 0 heterocycles. The van der Waals surface area contributed by atoms with Crippen LogP contribution in [0.1, 0.15) is 28.4 Å². The highest BCUT2D eigenvalue weighted by molar-refractivity contribution is 9.10. The van der Waals surface area contributed by atoms with Gasteiger partial charge in [-0.25, -0.2) is 0 Å². The summed E-state index contributed by atoms with van der Waals surface area (Å²) in [6.45, 7) is 0.508. The van der Waals surface area contributed by atoms with Crippen molar-refractivity contribution in [1.29, 1.82) is 0 Å². The summed E-state index contributed by atoms with van der Waals surface area (Å²) in [5.41, 5.74) is 7.68. The highest BCUT2D eigenvalue weighted by Gasteiger charge is 2.11. The quantitative estimate of drug-likeness (QED) is 0.841. The number of nitrogens with two attached hydrogens (primary N) is 1. The van der Waals surface area contributed by atoms with Crippen molar-refractivity contribution in [3.05, 3.63) is 69.2 Å². The molecule has 0 radical (unpaired) electrons. The molecule has 3 N–H and O–H groups in total. The van der Waals surface area contributed by atoms with Gasteiger partial charge in [-0.15, -0.1) is 0 Å². The van der Waals surface area contributed by atoms with Crippen LogP contribution < -0.4 is 11.1 Å². The standard InChI is InChI=1S/C16H16BrClN2O/c17-14-7-6-12(18)10-13(14)16(21)20-9-8-15(19)11-4-2-1-3-5-11/h1-7,10,15H,8-9,19H2,(H,20,21). The van der Waals surface area contributed by atoms with Gasteiger partial charge in [0.05, 0.1) is 5.56 Å². The topological polar surface area (TPSA) is 55.1 Å². The summed E-state index contributed by atoms with van der Waals surface area (Å²) in [6, 6.07) is 14.9. The van der Waals surface area contributed by atoms with Crippen LogP contribution in [0.25, 0.3) is 0 Å². The number of carbonyl (C=O) groups excluding carboxylic acids is 1. The molecule has 1 atom stereocenters. The molecule has 2 aromatic rings. The highest BCUT2D eigenvalue weighted by Crippen LogP contribution is 2.21. The normalized spacial score (nSPS) is 12.0. The highest BCUT2D eigenvalue weighted by atomic mass is 79.9. The third-order valence-corrected chi connectivity index (χ3v) is 4.07. The Balaban J connectivity index is 1.88. The van der Waals surface area contributed by atoms with E-state index < -0.39 is 0 Å². The molecule has 2 aromatic carbocycles. The van der Waals surface area contributed by atoms with E-state index in [-0.39, 0.29) is 11.9 Å². The molecule has 1 unspecified atom stereocenters. The second kappa shape index (κ2) is 7.59. The van der Waals surface area contributed by atoms with Crippen LogP contribution in [-0.4, -0.2) is 12.5 Å². The Labute approximate surface area is 137 Å². The number of amides is 1. The van der Waals surface area contributed by atoms with E-state index in [0.29, 0.717) is 23.6 Å². The number of hydrogen-bond acceptors (Lipinski definition) is 2. The third-order valence-electron chi connectivity index (χ3n) is 3.14.